The van der Waals surface area contributed by atoms with E-state index in [9.17, 15) is 4.79 Å². The van der Waals surface area contributed by atoms with Crippen LogP contribution in [0.1, 0.15) is 80.6 Å². The Hall–Kier alpha value is -1.33. The van der Waals surface area contributed by atoms with Gasteiger partial charge in [-0.25, -0.2) is 0 Å². The fourth-order valence-electron chi connectivity index (χ4n) is 3.85. The highest BCUT2D eigenvalue weighted by Crippen LogP contribution is 2.25. The number of ether oxygens (including phenoxy) is 1. The van der Waals surface area contributed by atoms with Gasteiger partial charge in [-0.2, -0.15) is 0 Å². The number of nitrogens with zero attached hydrogens (tertiary/aromatic N) is 1. The Bertz CT molecular complexity index is 531. The normalized spacial score (nSPS) is 20.7. The molecule has 5 heteroatoms. The van der Waals surface area contributed by atoms with Gasteiger partial charge in [-0.15, -0.1) is 0 Å². The molecule has 0 radical (unpaired) electrons. The van der Waals surface area contributed by atoms with Gasteiger partial charge in [0.05, 0.1) is 12.1 Å². The molecule has 2 aliphatic rings. The molecule has 1 aromatic rings. The van der Waals surface area contributed by atoms with E-state index in [4.69, 9.17) is 9.15 Å². The average Bonchev–Trinajstić information content (AvgIpc) is 3.33. The summed E-state index contributed by atoms with van der Waals surface area (Å²) in [5.74, 6) is 1.17. The summed E-state index contributed by atoms with van der Waals surface area (Å²) in [5, 5.41) is 2.93. The fourth-order valence-corrected chi connectivity index (χ4v) is 3.85. The van der Waals surface area contributed by atoms with Gasteiger partial charge in [-0.05, 0) is 64.3 Å². The second kappa shape index (κ2) is 9.39. The van der Waals surface area contributed by atoms with E-state index >= 15 is 0 Å². The van der Waals surface area contributed by atoms with E-state index in [0.717, 1.165) is 31.9 Å². The van der Waals surface area contributed by atoms with Gasteiger partial charge in [0.15, 0.2) is 5.76 Å². The molecule has 1 atom stereocenters. The zero-order valence-corrected chi connectivity index (χ0v) is 15.5. The topological polar surface area (TPSA) is 54.7 Å². The van der Waals surface area contributed by atoms with Crippen molar-refractivity contribution in [3.63, 3.8) is 0 Å². The van der Waals surface area contributed by atoms with Crippen LogP contribution in [0.15, 0.2) is 16.5 Å². The average molecular weight is 348 g/mol. The number of piperidine rings is 1. The SMILES string of the molecule is CC(c1ccc(C(=O)NCCCOC2CCCC2)o1)N1CCCCC1. The first-order chi connectivity index (χ1) is 12.2. The summed E-state index contributed by atoms with van der Waals surface area (Å²) in [6.07, 6.45) is 10.1. The third-order valence-corrected chi connectivity index (χ3v) is 5.46. The summed E-state index contributed by atoms with van der Waals surface area (Å²) in [4.78, 5) is 14.7. The summed E-state index contributed by atoms with van der Waals surface area (Å²) in [6, 6.07) is 3.97. The lowest BCUT2D eigenvalue weighted by Gasteiger charge is -2.31. The van der Waals surface area contributed by atoms with Crippen molar-refractivity contribution in [1.82, 2.24) is 10.2 Å². The molecular formula is C20H32N2O3. The van der Waals surface area contributed by atoms with E-state index in [2.05, 4.69) is 17.1 Å². The molecule has 1 saturated heterocycles. The molecule has 25 heavy (non-hydrogen) atoms. The maximum Gasteiger partial charge on any atom is 0.286 e. The molecule has 0 bridgehead atoms. The Morgan fingerprint density at radius 1 is 1.24 bits per heavy atom. The predicted octanol–water partition coefficient (Wildman–Crippen LogP) is 3.91. The third-order valence-electron chi connectivity index (χ3n) is 5.46. The van der Waals surface area contributed by atoms with Crippen molar-refractivity contribution >= 4 is 5.91 Å². The van der Waals surface area contributed by atoms with Crippen LogP contribution in [0, 0.1) is 0 Å². The van der Waals surface area contributed by atoms with E-state index < -0.39 is 0 Å². The van der Waals surface area contributed by atoms with Crippen molar-refractivity contribution in [2.75, 3.05) is 26.2 Å². The first-order valence-electron chi connectivity index (χ1n) is 9.97. The summed E-state index contributed by atoms with van der Waals surface area (Å²) in [7, 11) is 0. The number of carbonyl (C=O) groups excluding carboxylic acids is 1. The van der Waals surface area contributed by atoms with Gasteiger partial charge in [0.2, 0.25) is 0 Å². The van der Waals surface area contributed by atoms with Crippen molar-refractivity contribution in [2.45, 2.75) is 70.4 Å². The molecule has 0 aromatic carbocycles. The number of furan rings is 1. The maximum absolute atomic E-state index is 12.2. The number of rotatable bonds is 8. The molecule has 1 aliphatic heterocycles. The van der Waals surface area contributed by atoms with Gasteiger partial charge in [-0.3, -0.25) is 9.69 Å². The van der Waals surface area contributed by atoms with Crippen LogP contribution in [-0.2, 0) is 4.74 Å². The van der Waals surface area contributed by atoms with Gasteiger partial charge < -0.3 is 14.5 Å². The summed E-state index contributed by atoms with van der Waals surface area (Å²) >= 11 is 0. The molecule has 3 rings (SSSR count). The lowest BCUT2D eigenvalue weighted by molar-refractivity contribution is 0.0564. The van der Waals surface area contributed by atoms with Gasteiger partial charge >= 0.3 is 0 Å². The molecule has 1 aromatic heterocycles. The molecule has 1 amide bonds. The van der Waals surface area contributed by atoms with Crippen LogP contribution < -0.4 is 5.32 Å². The van der Waals surface area contributed by atoms with E-state index in [-0.39, 0.29) is 11.9 Å². The van der Waals surface area contributed by atoms with Crippen LogP contribution in [0.4, 0.5) is 0 Å². The molecular weight excluding hydrogens is 316 g/mol. The van der Waals surface area contributed by atoms with Crippen LogP contribution >= 0.6 is 0 Å². The Kier molecular flexibility index (Phi) is 6.93. The fraction of sp³-hybridized carbons (Fsp3) is 0.750. The largest absolute Gasteiger partial charge is 0.454 e. The molecule has 2 heterocycles. The number of likely N-dealkylation sites (tertiary alicyclic amines) is 1. The molecule has 1 unspecified atom stereocenters. The van der Waals surface area contributed by atoms with E-state index in [0.29, 0.717) is 18.4 Å². The second-order valence-corrected chi connectivity index (χ2v) is 7.36. The summed E-state index contributed by atoms with van der Waals surface area (Å²) < 4.78 is 11.6. The molecule has 2 fully saturated rings. The molecule has 5 nitrogen and oxygen atoms in total. The smallest absolute Gasteiger partial charge is 0.286 e. The highest BCUT2D eigenvalue weighted by molar-refractivity contribution is 5.91. The second-order valence-electron chi connectivity index (χ2n) is 7.36. The first-order valence-corrected chi connectivity index (χ1v) is 9.97. The number of amides is 1. The summed E-state index contributed by atoms with van der Waals surface area (Å²) in [5.41, 5.74) is 0. The van der Waals surface area contributed by atoms with Gasteiger partial charge in [0.25, 0.3) is 5.91 Å². The zero-order chi connectivity index (χ0) is 17.5. The minimum Gasteiger partial charge on any atom is -0.454 e. The van der Waals surface area contributed by atoms with Crippen LogP contribution in [0.3, 0.4) is 0 Å². The van der Waals surface area contributed by atoms with Crippen molar-refractivity contribution in [3.05, 3.63) is 23.7 Å². The van der Waals surface area contributed by atoms with Crippen LogP contribution in [-0.4, -0.2) is 43.2 Å². The Labute approximate surface area is 151 Å². The Balaban J connectivity index is 1.37. The molecule has 140 valence electrons. The van der Waals surface area contributed by atoms with Crippen molar-refractivity contribution in [1.29, 1.82) is 0 Å². The Morgan fingerprint density at radius 2 is 2.00 bits per heavy atom. The van der Waals surface area contributed by atoms with Gasteiger partial charge in [-0.1, -0.05) is 19.3 Å². The van der Waals surface area contributed by atoms with Crippen LogP contribution in [0.25, 0.3) is 0 Å². The number of nitrogens with one attached hydrogen (secondary N) is 1. The number of hydrogen-bond donors (Lipinski definition) is 1. The minimum atomic E-state index is -0.127. The summed E-state index contributed by atoms with van der Waals surface area (Å²) in [6.45, 7) is 5.74. The van der Waals surface area contributed by atoms with E-state index in [1.807, 2.05) is 6.07 Å². The first kappa shape index (κ1) is 18.5. The predicted molar refractivity (Wildman–Crippen MR) is 97.7 cm³/mol. The molecule has 1 saturated carbocycles. The monoisotopic (exact) mass is 348 g/mol. The molecule has 0 spiro atoms. The van der Waals surface area contributed by atoms with Crippen molar-refractivity contribution in [2.24, 2.45) is 0 Å². The van der Waals surface area contributed by atoms with E-state index in [1.165, 1.54) is 44.9 Å². The molecule has 1 aliphatic carbocycles. The molecule has 1 N–H and O–H groups in total. The highest BCUT2D eigenvalue weighted by Gasteiger charge is 2.22. The zero-order valence-electron chi connectivity index (χ0n) is 15.5. The standard InChI is InChI=1S/C20H32N2O3/c1-16(22-13-5-2-6-14-22)18-10-11-19(25-18)20(23)21-12-7-15-24-17-8-3-4-9-17/h10-11,16-17H,2-9,12-15H2,1H3,(H,21,23). The lowest BCUT2D eigenvalue weighted by atomic mass is 10.1. The van der Waals surface area contributed by atoms with Gasteiger partial charge in [0, 0.05) is 13.2 Å². The third kappa shape index (κ3) is 5.32. The van der Waals surface area contributed by atoms with Gasteiger partial charge in [0.1, 0.15) is 5.76 Å². The highest BCUT2D eigenvalue weighted by atomic mass is 16.5. The van der Waals surface area contributed by atoms with E-state index in [1.54, 1.807) is 6.07 Å². The Morgan fingerprint density at radius 3 is 2.76 bits per heavy atom. The maximum atomic E-state index is 12.2. The quantitative estimate of drug-likeness (QED) is 0.724. The van der Waals surface area contributed by atoms with Crippen molar-refractivity contribution in [3.8, 4) is 0 Å². The number of hydrogen-bond acceptors (Lipinski definition) is 4. The minimum absolute atomic E-state index is 0.127. The van der Waals surface area contributed by atoms with Crippen molar-refractivity contribution < 1.29 is 13.9 Å². The van der Waals surface area contributed by atoms with Crippen LogP contribution in [0.2, 0.25) is 0 Å². The van der Waals surface area contributed by atoms with Crippen LogP contribution in [0.5, 0.6) is 0 Å². The number of carbonyl (C=O) groups is 1. The lowest BCUT2D eigenvalue weighted by Crippen LogP contribution is -2.32.